The highest BCUT2D eigenvalue weighted by atomic mass is 19.4. The van der Waals surface area contributed by atoms with E-state index in [0.29, 0.717) is 47.3 Å². The number of fused-ring (bicyclic) bond motifs is 3. The van der Waals surface area contributed by atoms with Crippen LogP contribution in [0.1, 0.15) is 113 Å². The third kappa shape index (κ3) is 6.47. The van der Waals surface area contributed by atoms with E-state index in [1.54, 1.807) is 19.2 Å². The van der Waals surface area contributed by atoms with Gasteiger partial charge in [0, 0.05) is 41.5 Å². The van der Waals surface area contributed by atoms with E-state index in [-0.39, 0.29) is 43.0 Å². The van der Waals surface area contributed by atoms with Crippen molar-refractivity contribution in [1.29, 1.82) is 0 Å². The molecule has 14 heteroatoms. The monoisotopic (exact) mass is 769 g/mol. The van der Waals surface area contributed by atoms with E-state index in [9.17, 15) is 36.6 Å². The maximum atomic E-state index is 14.8. The van der Waals surface area contributed by atoms with Gasteiger partial charge in [-0.15, -0.1) is 0 Å². The molecular formula is C41H48F5N5O4. The predicted molar refractivity (Wildman–Crippen MR) is 193 cm³/mol. The molecule has 3 heterocycles. The number of amides is 1. The summed E-state index contributed by atoms with van der Waals surface area (Å²) in [5.74, 6) is -4.84. The minimum Gasteiger partial charge on any atom is -0.490 e. The van der Waals surface area contributed by atoms with E-state index >= 15 is 0 Å². The summed E-state index contributed by atoms with van der Waals surface area (Å²) in [4.78, 5) is 37.0. The molecule has 5 unspecified atom stereocenters. The van der Waals surface area contributed by atoms with Crippen LogP contribution in [0.25, 0.3) is 22.3 Å². The van der Waals surface area contributed by atoms with Crippen LogP contribution in [0.15, 0.2) is 30.6 Å². The number of alkyl halides is 5. The molecule has 5 aliphatic carbocycles. The van der Waals surface area contributed by atoms with Crippen molar-refractivity contribution in [2.45, 2.75) is 127 Å². The van der Waals surface area contributed by atoms with Gasteiger partial charge in [-0.2, -0.15) is 13.2 Å². The fourth-order valence-electron chi connectivity index (χ4n) is 11.2. The summed E-state index contributed by atoms with van der Waals surface area (Å²) in [5, 5.41) is 13.8. The third-order valence-electron chi connectivity index (χ3n) is 14.2. The Bertz CT molecular complexity index is 2000. The summed E-state index contributed by atoms with van der Waals surface area (Å²) in [6.45, 7) is 3.44. The van der Waals surface area contributed by atoms with E-state index in [4.69, 9.17) is 4.74 Å². The lowest BCUT2D eigenvalue weighted by Gasteiger charge is -2.52. The molecule has 1 saturated heterocycles. The first kappa shape index (κ1) is 36.8. The number of likely N-dealkylation sites (tertiary alicyclic amines) is 1. The molecule has 5 atom stereocenters. The fourth-order valence-corrected chi connectivity index (χ4v) is 11.2. The van der Waals surface area contributed by atoms with Crippen LogP contribution in [-0.2, 0) is 11.0 Å². The van der Waals surface area contributed by atoms with Crippen molar-refractivity contribution in [2.24, 2.45) is 29.1 Å². The second-order valence-corrected chi connectivity index (χ2v) is 18.1. The number of carboxylic acid groups (broad SMARTS) is 1. The first-order valence-corrected chi connectivity index (χ1v) is 20.0. The topological polar surface area (TPSA) is 110 Å². The minimum absolute atomic E-state index is 0.0759. The third-order valence-corrected chi connectivity index (χ3v) is 14.2. The van der Waals surface area contributed by atoms with Gasteiger partial charge in [0.05, 0.1) is 30.3 Å². The summed E-state index contributed by atoms with van der Waals surface area (Å²) >= 11 is 0. The molecule has 2 aromatic heterocycles. The number of carboxylic acids is 1. The number of nitrogens with zero attached hydrogens (tertiary/aromatic N) is 4. The van der Waals surface area contributed by atoms with E-state index in [0.717, 1.165) is 56.7 Å². The first-order valence-electron chi connectivity index (χ1n) is 20.0. The van der Waals surface area contributed by atoms with Crippen LogP contribution in [-0.4, -0.2) is 73.1 Å². The number of ether oxygens (including phenoxy) is 1. The number of aliphatic carboxylic acids is 1. The molecule has 9 nitrogen and oxygen atoms in total. The SMILES string of the molecule is CC1CC2CC(C)C(NC(=O)c3cnc(-c4cn(C5CC6(CC6)C5)c5cc(O[C@H]6CC[C@H](N7CC(F)(F)C7)CC6)ccc45)nc3C(F)(F)F)(C(=O)O)C(C1)C2. The van der Waals surface area contributed by atoms with Gasteiger partial charge in [-0.1, -0.05) is 13.8 Å². The summed E-state index contributed by atoms with van der Waals surface area (Å²) in [7, 11) is 0. The maximum absolute atomic E-state index is 14.8. The van der Waals surface area contributed by atoms with Crippen LogP contribution in [0, 0.1) is 29.1 Å². The van der Waals surface area contributed by atoms with Crippen molar-refractivity contribution in [3.63, 3.8) is 0 Å². The molecule has 3 aromatic rings. The fraction of sp³-hybridized carbons (Fsp3) is 0.659. The second-order valence-electron chi connectivity index (χ2n) is 18.1. The van der Waals surface area contributed by atoms with E-state index < -0.39 is 52.6 Å². The van der Waals surface area contributed by atoms with Crippen LogP contribution in [0.3, 0.4) is 0 Å². The lowest BCUT2D eigenvalue weighted by molar-refractivity contribution is -0.155. The van der Waals surface area contributed by atoms with Gasteiger partial charge in [0.25, 0.3) is 11.8 Å². The Morgan fingerprint density at radius 1 is 0.982 bits per heavy atom. The Balaban J connectivity index is 1.01. The van der Waals surface area contributed by atoms with Crippen molar-refractivity contribution < 1.29 is 41.4 Å². The maximum Gasteiger partial charge on any atom is 0.434 e. The molecule has 1 amide bonds. The van der Waals surface area contributed by atoms with Crippen LogP contribution < -0.4 is 10.1 Å². The van der Waals surface area contributed by atoms with Gasteiger partial charge in [0.15, 0.2) is 11.5 Å². The minimum atomic E-state index is -5.02. The smallest absolute Gasteiger partial charge is 0.434 e. The van der Waals surface area contributed by atoms with Crippen LogP contribution >= 0.6 is 0 Å². The zero-order chi connectivity index (χ0) is 38.7. The van der Waals surface area contributed by atoms with Gasteiger partial charge in [0.2, 0.25) is 0 Å². The lowest BCUT2D eigenvalue weighted by atomic mass is 9.56. The molecule has 1 aliphatic heterocycles. The Morgan fingerprint density at radius 2 is 1.71 bits per heavy atom. The zero-order valence-corrected chi connectivity index (χ0v) is 31.2. The zero-order valence-electron chi connectivity index (χ0n) is 31.2. The van der Waals surface area contributed by atoms with Gasteiger partial charge in [0.1, 0.15) is 11.3 Å². The van der Waals surface area contributed by atoms with Crippen LogP contribution in [0.5, 0.6) is 5.75 Å². The Hall–Kier alpha value is -3.81. The molecule has 55 heavy (non-hydrogen) atoms. The molecule has 2 bridgehead atoms. The highest BCUT2D eigenvalue weighted by Crippen LogP contribution is 2.65. The van der Waals surface area contributed by atoms with Crippen molar-refractivity contribution >= 4 is 22.8 Å². The lowest BCUT2D eigenvalue weighted by Crippen LogP contribution is -2.66. The molecule has 1 aromatic carbocycles. The molecule has 9 rings (SSSR count). The molecule has 5 saturated carbocycles. The molecule has 1 spiro atoms. The number of aromatic nitrogens is 3. The van der Waals surface area contributed by atoms with E-state index in [2.05, 4.69) is 19.9 Å². The first-order chi connectivity index (χ1) is 26.0. The van der Waals surface area contributed by atoms with Crippen LogP contribution in [0.2, 0.25) is 0 Å². The summed E-state index contributed by atoms with van der Waals surface area (Å²) in [6, 6.07) is 5.80. The predicted octanol–water partition coefficient (Wildman–Crippen LogP) is 8.52. The number of hydrogen-bond acceptors (Lipinski definition) is 6. The van der Waals surface area contributed by atoms with E-state index in [1.165, 1.54) is 12.8 Å². The Labute approximate surface area is 316 Å². The van der Waals surface area contributed by atoms with Crippen molar-refractivity contribution in [3.8, 4) is 17.1 Å². The van der Waals surface area contributed by atoms with Crippen molar-refractivity contribution in [1.82, 2.24) is 24.8 Å². The van der Waals surface area contributed by atoms with Crippen molar-refractivity contribution in [3.05, 3.63) is 41.9 Å². The van der Waals surface area contributed by atoms with Gasteiger partial charge in [-0.3, -0.25) is 9.69 Å². The van der Waals surface area contributed by atoms with Crippen molar-refractivity contribution in [2.75, 3.05) is 13.1 Å². The number of benzene rings is 1. The van der Waals surface area contributed by atoms with Gasteiger partial charge in [-0.25, -0.2) is 23.5 Å². The highest BCUT2D eigenvalue weighted by molar-refractivity contribution is 6.00. The van der Waals surface area contributed by atoms with Gasteiger partial charge >= 0.3 is 12.1 Å². The number of nitrogens with one attached hydrogen (secondary N) is 1. The summed E-state index contributed by atoms with van der Waals surface area (Å²) in [5.41, 5.74) is -2.38. The molecule has 296 valence electrons. The largest absolute Gasteiger partial charge is 0.490 e. The van der Waals surface area contributed by atoms with E-state index in [1.807, 2.05) is 24.0 Å². The van der Waals surface area contributed by atoms with Gasteiger partial charge < -0.3 is 19.7 Å². The van der Waals surface area contributed by atoms with Crippen LogP contribution in [0.4, 0.5) is 22.0 Å². The molecule has 6 fully saturated rings. The van der Waals surface area contributed by atoms with Gasteiger partial charge in [-0.05, 0) is 118 Å². The number of carbonyl (C=O) groups excluding carboxylic acids is 1. The molecule has 2 N–H and O–H groups in total. The number of carbonyl (C=O) groups is 2. The quantitative estimate of drug-likeness (QED) is 0.221. The number of hydrogen-bond donors (Lipinski definition) is 2. The highest BCUT2D eigenvalue weighted by Gasteiger charge is 2.57. The summed E-state index contributed by atoms with van der Waals surface area (Å²) in [6.07, 6.45) is 7.61. The number of rotatable bonds is 8. The standard InChI is InChI=1S/C41H48F5N5O4/c1-22-11-24-13-23(2)40(37(53)54,25(12-22)14-24)49-36(52)31-18-47-35(48-34(31)41(44,45)46)32-19-51(27-16-38(17-27)9-10-38)33-15-29(7-8-30(32)33)55-28-5-3-26(4-6-28)50-20-39(42,43)21-50/h7-8,15,18-19,22-28H,3-6,9-14,16-17,20-21H2,1-2H3,(H,49,52)(H,53,54)/t22?,23?,24?,25?,26-,28-,40?. The summed E-state index contributed by atoms with van der Waals surface area (Å²) < 4.78 is 79.9. The molecule has 0 radical (unpaired) electrons. The Morgan fingerprint density at radius 3 is 2.36 bits per heavy atom. The molecular weight excluding hydrogens is 721 g/mol. The second kappa shape index (κ2) is 12.9. The average Bonchev–Trinajstić information content (AvgIpc) is 3.82. The molecule has 6 aliphatic rings. The average molecular weight is 770 g/mol. The Kier molecular flexibility index (Phi) is 8.60. The normalized spacial score (nSPS) is 32.8. The number of halogens is 5.